The minimum Gasteiger partial charge on any atom is -0.427 e. The first-order valence-corrected chi connectivity index (χ1v) is 41.4. The smallest absolute Gasteiger partial charge is 0.338 e. The lowest BCUT2D eigenvalue weighted by atomic mass is 9.80. The van der Waals surface area contributed by atoms with Gasteiger partial charge in [-0.3, -0.25) is 47.9 Å². The van der Waals surface area contributed by atoms with Gasteiger partial charge in [-0.25, -0.2) is 19.4 Å². The standard InChI is InChI=1S/C26H47NO3.C20H29NO4.C18H16O4.2C15H14O4/c1-5-6-7-8-9-10-11-12-13-14-15-16-17-18-19-21(2)20-24-22(3)25(29)27(23(4)28)26(24)30;1-10(7-16-11(2)19(23)21(12(3)22)20(16)24)25-18-9-13-8-17(18)15-6-4-5-14(13)15;1-11(2)17(19)21-15-7-5-13-6-8-16(10-14(13)9-15)22-18(20)12(3)4;1-3-15(17)19-12-7-8-13-11(9-12)5-4-6-14(13)18-10(2)16;1-3-15(17)19-14-9-12-7-5-4-6-11(12)8-13(14)18-10(2)16/h21-22,24H,5-20H2,1-4H3;10-11,13-18H,4-9H2,1-3H3;5-10H,1,3H2,2,4H3;2*4-9H,3H2,1-2H3. The molecule has 5 aliphatic rings. The maximum atomic E-state index is 12.4. The summed E-state index contributed by atoms with van der Waals surface area (Å²) in [5, 5.41) is 5.20. The van der Waals surface area contributed by atoms with Crippen LogP contribution in [0.1, 0.15) is 244 Å². The third-order valence-corrected chi connectivity index (χ3v) is 22.3. The molecule has 5 fully saturated rings. The summed E-state index contributed by atoms with van der Waals surface area (Å²) in [5.74, 6) is -0.115. The molecule has 620 valence electrons. The van der Waals surface area contributed by atoms with Crippen LogP contribution in [0.3, 0.4) is 0 Å². The topological polar surface area (TPSA) is 276 Å². The average Bonchev–Trinajstić information content (AvgIpc) is 1.60. The molecule has 115 heavy (non-hydrogen) atoms. The Kier molecular flexibility index (Phi) is 36.3. The molecular weight excluding hydrogens is 1460 g/mol. The average molecular weight is 1580 g/mol. The molecule has 2 saturated heterocycles. The second kappa shape index (κ2) is 45.3. The van der Waals surface area contributed by atoms with Crippen LogP contribution in [0.5, 0.6) is 34.5 Å². The highest BCUT2D eigenvalue weighted by Gasteiger charge is 2.55. The van der Waals surface area contributed by atoms with E-state index in [4.69, 9.17) is 33.2 Å². The van der Waals surface area contributed by atoms with Crippen molar-refractivity contribution in [2.75, 3.05) is 0 Å². The Labute approximate surface area is 678 Å². The summed E-state index contributed by atoms with van der Waals surface area (Å²) in [6.07, 6.45) is 28.9. The third-order valence-electron chi connectivity index (χ3n) is 22.3. The molecule has 3 aliphatic carbocycles. The number of ether oxygens (including phenoxy) is 7. The van der Waals surface area contributed by atoms with Gasteiger partial charge in [0, 0.05) is 68.9 Å². The molecule has 0 aromatic heterocycles. The maximum absolute atomic E-state index is 12.4. The Balaban J connectivity index is 0.000000201. The fourth-order valence-corrected chi connectivity index (χ4v) is 16.2. The third kappa shape index (κ3) is 27.0. The van der Waals surface area contributed by atoms with Crippen LogP contribution in [0.25, 0.3) is 32.3 Å². The molecule has 0 radical (unpaired) electrons. The van der Waals surface area contributed by atoms with Gasteiger partial charge >= 0.3 is 35.8 Å². The second-order valence-corrected chi connectivity index (χ2v) is 31.6. The van der Waals surface area contributed by atoms with Gasteiger partial charge in [0.25, 0.3) is 0 Å². The summed E-state index contributed by atoms with van der Waals surface area (Å²) in [4.78, 5) is 142. The first-order chi connectivity index (χ1) is 54.8. The minimum absolute atomic E-state index is 0.0553. The number of likely N-dealkylation sites (tertiary alicyclic amines) is 2. The van der Waals surface area contributed by atoms with E-state index in [9.17, 15) is 57.5 Å². The van der Waals surface area contributed by atoms with Crippen molar-refractivity contribution in [3.8, 4) is 34.5 Å². The van der Waals surface area contributed by atoms with Crippen molar-refractivity contribution in [2.24, 2.45) is 53.3 Å². The summed E-state index contributed by atoms with van der Waals surface area (Å²) in [7, 11) is 0. The highest BCUT2D eigenvalue weighted by molar-refractivity contribution is 6.17. The Morgan fingerprint density at radius 3 is 1.37 bits per heavy atom. The largest absolute Gasteiger partial charge is 0.427 e. The predicted octanol–water partition coefficient (Wildman–Crippen LogP) is 19.8. The van der Waals surface area contributed by atoms with Crippen LogP contribution < -0.4 is 28.4 Å². The molecule has 3 saturated carbocycles. The summed E-state index contributed by atoms with van der Waals surface area (Å²) >= 11 is 0. The van der Waals surface area contributed by atoms with Gasteiger partial charge in [0.15, 0.2) is 11.5 Å². The SMILES string of the molecule is C=C(C)C(=O)Oc1ccc2ccc(OC(=O)C(=C)C)cc2c1.CC(=O)N1C(=O)C(C)C(CC(C)OC2CC3CC2C2CCCC32)C1=O.CCC(=O)Oc1cc2ccccc2cc1OC(C)=O.CCC(=O)Oc1ccc2c(OC(C)=O)cccc2c1.CCCCCCCCCCCCCCCCC(C)CC1C(=O)N(C(C)=O)C(=O)C1C. The van der Waals surface area contributed by atoms with Crippen molar-refractivity contribution in [3.05, 3.63) is 133 Å². The van der Waals surface area contributed by atoms with Crippen LogP contribution in [0.2, 0.25) is 0 Å². The van der Waals surface area contributed by atoms with Crippen LogP contribution in [0.15, 0.2) is 133 Å². The highest BCUT2D eigenvalue weighted by atomic mass is 16.6. The number of benzene rings is 6. The zero-order valence-electron chi connectivity index (χ0n) is 69.8. The number of esters is 6. The number of carbonyl (C=O) groups is 12. The lowest BCUT2D eigenvalue weighted by Crippen LogP contribution is -2.36. The molecule has 21 heteroatoms. The molecule has 0 spiro atoms. The Hall–Kier alpha value is -10.0. The van der Waals surface area contributed by atoms with Gasteiger partial charge < -0.3 is 33.2 Å². The Morgan fingerprint density at radius 2 is 0.878 bits per heavy atom. The van der Waals surface area contributed by atoms with Gasteiger partial charge in [0.05, 0.1) is 24.0 Å². The van der Waals surface area contributed by atoms with E-state index < -0.39 is 41.6 Å². The van der Waals surface area contributed by atoms with Crippen molar-refractivity contribution in [1.82, 2.24) is 9.80 Å². The molecule has 6 aromatic carbocycles. The van der Waals surface area contributed by atoms with Crippen molar-refractivity contribution < 1.29 is 90.7 Å². The molecule has 6 amide bonds. The van der Waals surface area contributed by atoms with E-state index in [1.165, 1.54) is 150 Å². The van der Waals surface area contributed by atoms with Gasteiger partial charge in [-0.1, -0.05) is 206 Å². The molecule has 2 aliphatic heterocycles. The molecule has 6 aromatic rings. The zero-order chi connectivity index (χ0) is 84.2. The first kappa shape index (κ1) is 92.2. The van der Waals surface area contributed by atoms with Gasteiger partial charge in [-0.2, -0.15) is 0 Å². The van der Waals surface area contributed by atoms with Crippen LogP contribution in [-0.4, -0.2) is 93.3 Å². The first-order valence-electron chi connectivity index (χ1n) is 41.4. The molecule has 11 atom stereocenters. The van der Waals surface area contributed by atoms with E-state index in [1.807, 2.05) is 49.4 Å². The van der Waals surface area contributed by atoms with E-state index in [0.29, 0.717) is 71.3 Å². The van der Waals surface area contributed by atoms with Gasteiger partial charge in [-0.15, -0.1) is 0 Å². The van der Waals surface area contributed by atoms with Crippen LogP contribution in [0, 0.1) is 53.3 Å². The van der Waals surface area contributed by atoms with Crippen molar-refractivity contribution in [2.45, 2.75) is 256 Å². The van der Waals surface area contributed by atoms with Gasteiger partial charge in [-0.05, 0) is 176 Å². The van der Waals surface area contributed by atoms with E-state index >= 15 is 0 Å². The lowest BCUT2D eigenvalue weighted by Gasteiger charge is -2.33. The maximum Gasteiger partial charge on any atom is 0.338 e. The highest BCUT2D eigenvalue weighted by Crippen LogP contribution is 2.60. The predicted molar refractivity (Wildman–Crippen MR) is 442 cm³/mol. The van der Waals surface area contributed by atoms with E-state index in [2.05, 4.69) is 27.0 Å². The quantitative estimate of drug-likeness (QED) is 0.0129. The van der Waals surface area contributed by atoms with Crippen molar-refractivity contribution in [3.63, 3.8) is 0 Å². The number of amides is 6. The summed E-state index contributed by atoms with van der Waals surface area (Å²) in [6.45, 7) is 28.9. The van der Waals surface area contributed by atoms with Crippen molar-refractivity contribution >= 4 is 104 Å². The van der Waals surface area contributed by atoms with E-state index in [1.54, 1.807) is 108 Å². The minimum atomic E-state index is -0.482. The van der Waals surface area contributed by atoms with E-state index in [-0.39, 0.29) is 77.4 Å². The van der Waals surface area contributed by atoms with Crippen LogP contribution >= 0.6 is 0 Å². The molecule has 2 bridgehead atoms. The molecule has 21 nitrogen and oxygen atoms in total. The van der Waals surface area contributed by atoms with Crippen molar-refractivity contribution in [1.29, 1.82) is 0 Å². The van der Waals surface area contributed by atoms with Gasteiger partial charge in [0.2, 0.25) is 35.4 Å². The number of rotatable bonds is 31. The molecule has 11 unspecified atom stereocenters. The van der Waals surface area contributed by atoms with Crippen LogP contribution in [-0.2, 0) is 62.3 Å². The summed E-state index contributed by atoms with van der Waals surface area (Å²) in [5.41, 5.74) is 0.647. The fourth-order valence-electron chi connectivity index (χ4n) is 16.2. The lowest BCUT2D eigenvalue weighted by molar-refractivity contribution is -0.151. The number of fused-ring (bicyclic) bond motifs is 8. The zero-order valence-corrected chi connectivity index (χ0v) is 69.8. The second-order valence-electron chi connectivity index (χ2n) is 31.6. The molecule has 11 rings (SSSR count). The number of hydrogen-bond donors (Lipinski definition) is 0. The number of hydrogen-bond acceptors (Lipinski definition) is 19. The van der Waals surface area contributed by atoms with E-state index in [0.717, 1.165) is 66.3 Å². The number of unbranched alkanes of at least 4 members (excludes halogenated alkanes) is 13. The normalized spacial score (nSPS) is 20.1. The van der Waals surface area contributed by atoms with Gasteiger partial charge in [0.1, 0.15) is 23.0 Å². The number of carbonyl (C=O) groups excluding carboxylic acids is 12. The number of nitrogens with zero attached hydrogens (tertiary/aromatic N) is 2. The monoisotopic (exact) mass is 1580 g/mol. The fraction of sp³-hybridized carbons (Fsp3) is 0.511. The molecule has 0 N–H and O–H groups in total. The summed E-state index contributed by atoms with van der Waals surface area (Å²) < 4.78 is 37.3. The van der Waals surface area contributed by atoms with Crippen LogP contribution in [0.4, 0.5) is 0 Å². The summed E-state index contributed by atoms with van der Waals surface area (Å²) in [6, 6.07) is 32.0. The molecule has 2 heterocycles. The number of imide groups is 6. The Bertz CT molecular complexity index is 4400. The molecular formula is C94H120N2O19. The Morgan fingerprint density at radius 1 is 0.435 bits per heavy atom.